The van der Waals surface area contributed by atoms with E-state index < -0.39 is 12.0 Å². The maximum Gasteiger partial charge on any atom is 0.329 e. The molecule has 2 atom stereocenters. The van der Waals surface area contributed by atoms with Gasteiger partial charge in [-0.05, 0) is 36.8 Å². The van der Waals surface area contributed by atoms with Crippen LogP contribution in [0, 0.1) is 0 Å². The van der Waals surface area contributed by atoms with Crippen LogP contribution in [0.4, 0.5) is 0 Å². The highest BCUT2D eigenvalue weighted by atomic mass is 35.5. The van der Waals surface area contributed by atoms with Crippen molar-refractivity contribution in [1.82, 2.24) is 4.90 Å². The summed E-state index contributed by atoms with van der Waals surface area (Å²) in [5.74, 6) is 0.684. The molecule has 2 aromatic carbocycles. The summed E-state index contributed by atoms with van der Waals surface area (Å²) < 4.78 is 15.8. The van der Waals surface area contributed by atoms with Crippen molar-refractivity contribution in [3.63, 3.8) is 0 Å². The zero-order valence-corrected chi connectivity index (χ0v) is 18.0. The molecule has 0 saturated carbocycles. The van der Waals surface area contributed by atoms with E-state index in [2.05, 4.69) is 0 Å². The van der Waals surface area contributed by atoms with Gasteiger partial charge in [-0.25, -0.2) is 4.79 Å². The monoisotopic (exact) mass is 435 g/mol. The third-order valence-electron chi connectivity index (χ3n) is 4.53. The van der Waals surface area contributed by atoms with E-state index in [0.29, 0.717) is 27.8 Å². The van der Waals surface area contributed by atoms with Crippen LogP contribution in [0.3, 0.4) is 0 Å². The van der Waals surface area contributed by atoms with Crippen molar-refractivity contribution >= 4 is 35.2 Å². The van der Waals surface area contributed by atoms with Crippen LogP contribution in [0.2, 0.25) is 5.02 Å². The standard InChI is InChI=1S/C21H22ClNO5S/c1-4-28-21(25)18-12-29-20(13-6-5-7-15(22)8-13)23(18)19(24)14-9-16(26-2)11-17(10-14)27-3/h5-11,18,20H,4,12H2,1-3H3. The second kappa shape index (κ2) is 9.41. The summed E-state index contributed by atoms with van der Waals surface area (Å²) in [7, 11) is 3.04. The van der Waals surface area contributed by atoms with Crippen LogP contribution in [-0.4, -0.2) is 49.4 Å². The smallest absolute Gasteiger partial charge is 0.329 e. The molecule has 0 radical (unpaired) electrons. The first-order chi connectivity index (χ1) is 14.0. The van der Waals surface area contributed by atoms with Crippen molar-refractivity contribution in [3.8, 4) is 11.5 Å². The molecule has 8 heteroatoms. The molecule has 1 saturated heterocycles. The average molecular weight is 436 g/mol. The molecule has 29 heavy (non-hydrogen) atoms. The summed E-state index contributed by atoms with van der Waals surface area (Å²) in [6.07, 6.45) is 0. The summed E-state index contributed by atoms with van der Waals surface area (Å²) >= 11 is 7.66. The first kappa shape index (κ1) is 21.3. The predicted molar refractivity (Wildman–Crippen MR) is 113 cm³/mol. The summed E-state index contributed by atoms with van der Waals surface area (Å²) in [6, 6.07) is 11.5. The molecule has 0 bridgehead atoms. The molecular weight excluding hydrogens is 414 g/mol. The van der Waals surface area contributed by atoms with Gasteiger partial charge in [0.25, 0.3) is 5.91 Å². The molecule has 0 aliphatic carbocycles. The maximum absolute atomic E-state index is 13.5. The molecule has 0 N–H and O–H groups in total. The summed E-state index contributed by atoms with van der Waals surface area (Å²) in [4.78, 5) is 27.7. The lowest BCUT2D eigenvalue weighted by molar-refractivity contribution is -0.147. The quantitative estimate of drug-likeness (QED) is 0.634. The first-order valence-electron chi connectivity index (χ1n) is 9.08. The number of amides is 1. The minimum absolute atomic E-state index is 0.247. The highest BCUT2D eigenvalue weighted by molar-refractivity contribution is 7.99. The minimum Gasteiger partial charge on any atom is -0.497 e. The van der Waals surface area contributed by atoms with Gasteiger partial charge in [0.1, 0.15) is 22.9 Å². The fraction of sp³-hybridized carbons (Fsp3) is 0.333. The molecule has 1 fully saturated rings. The molecule has 3 rings (SSSR count). The topological polar surface area (TPSA) is 65.1 Å². The van der Waals surface area contributed by atoms with Crippen molar-refractivity contribution in [3.05, 3.63) is 58.6 Å². The molecule has 1 heterocycles. The summed E-state index contributed by atoms with van der Waals surface area (Å²) in [5, 5.41) is 0.200. The number of benzene rings is 2. The Labute approximate surface area is 179 Å². The molecule has 0 spiro atoms. The second-order valence-corrected chi connectivity index (χ2v) is 7.87. The number of methoxy groups -OCH3 is 2. The molecule has 1 amide bonds. The van der Waals surface area contributed by atoms with Crippen LogP contribution in [-0.2, 0) is 9.53 Å². The Morgan fingerprint density at radius 2 is 1.83 bits per heavy atom. The van der Waals surface area contributed by atoms with E-state index in [1.807, 2.05) is 12.1 Å². The molecule has 0 aromatic heterocycles. The van der Waals surface area contributed by atoms with Crippen LogP contribution in [0.1, 0.15) is 28.2 Å². The number of ether oxygens (including phenoxy) is 3. The molecule has 1 aliphatic heterocycles. The highest BCUT2D eigenvalue weighted by Gasteiger charge is 2.43. The normalized spacial score (nSPS) is 18.4. The number of esters is 1. The van der Waals surface area contributed by atoms with Gasteiger partial charge in [-0.3, -0.25) is 4.79 Å². The third kappa shape index (κ3) is 4.62. The number of halogens is 1. The van der Waals surface area contributed by atoms with Crippen LogP contribution >= 0.6 is 23.4 Å². The Balaban J connectivity index is 2.03. The van der Waals surface area contributed by atoms with Gasteiger partial charge in [-0.1, -0.05) is 23.7 Å². The van der Waals surface area contributed by atoms with Crippen LogP contribution < -0.4 is 9.47 Å². The molecule has 154 valence electrons. The van der Waals surface area contributed by atoms with Gasteiger partial charge in [0.05, 0.1) is 20.8 Å². The molecule has 1 aliphatic rings. The lowest BCUT2D eigenvalue weighted by Gasteiger charge is -2.29. The Morgan fingerprint density at radius 3 is 2.41 bits per heavy atom. The van der Waals surface area contributed by atoms with Crippen LogP contribution in [0.15, 0.2) is 42.5 Å². The molecule has 2 aromatic rings. The Morgan fingerprint density at radius 1 is 1.14 bits per heavy atom. The van der Waals surface area contributed by atoms with Gasteiger partial charge in [-0.15, -0.1) is 11.8 Å². The zero-order valence-electron chi connectivity index (χ0n) is 16.4. The average Bonchev–Trinajstić information content (AvgIpc) is 3.18. The lowest BCUT2D eigenvalue weighted by atomic mass is 10.1. The second-order valence-electron chi connectivity index (χ2n) is 6.32. The van der Waals surface area contributed by atoms with Crippen molar-refractivity contribution in [2.45, 2.75) is 18.3 Å². The van der Waals surface area contributed by atoms with E-state index >= 15 is 0 Å². The molecule has 6 nitrogen and oxygen atoms in total. The van der Waals surface area contributed by atoms with E-state index in [1.165, 1.54) is 26.0 Å². The zero-order chi connectivity index (χ0) is 21.0. The van der Waals surface area contributed by atoms with Gasteiger partial charge < -0.3 is 19.1 Å². The number of thioether (sulfide) groups is 1. The van der Waals surface area contributed by atoms with Gasteiger partial charge in [0.2, 0.25) is 0 Å². The molecular formula is C21H22ClNO5S. The van der Waals surface area contributed by atoms with Crippen LogP contribution in [0.5, 0.6) is 11.5 Å². The highest BCUT2D eigenvalue weighted by Crippen LogP contribution is 2.43. The maximum atomic E-state index is 13.5. The van der Waals surface area contributed by atoms with E-state index in [4.69, 9.17) is 25.8 Å². The van der Waals surface area contributed by atoms with Gasteiger partial charge >= 0.3 is 5.97 Å². The third-order valence-corrected chi connectivity index (χ3v) is 6.08. The van der Waals surface area contributed by atoms with Gasteiger partial charge in [-0.2, -0.15) is 0 Å². The largest absolute Gasteiger partial charge is 0.497 e. The Bertz CT molecular complexity index is 884. The van der Waals surface area contributed by atoms with Crippen molar-refractivity contribution < 1.29 is 23.8 Å². The number of hydrogen-bond donors (Lipinski definition) is 0. The Hall–Kier alpha value is -2.38. The predicted octanol–water partition coefficient (Wildman–Crippen LogP) is 4.18. The Kier molecular flexibility index (Phi) is 6.92. The number of nitrogens with zero attached hydrogens (tertiary/aromatic N) is 1. The van der Waals surface area contributed by atoms with Crippen LogP contribution in [0.25, 0.3) is 0 Å². The van der Waals surface area contributed by atoms with Crippen molar-refractivity contribution in [2.24, 2.45) is 0 Å². The number of carbonyl (C=O) groups excluding carboxylic acids is 2. The van der Waals surface area contributed by atoms with Crippen molar-refractivity contribution in [2.75, 3.05) is 26.6 Å². The molecule has 2 unspecified atom stereocenters. The van der Waals surface area contributed by atoms with Crippen molar-refractivity contribution in [1.29, 1.82) is 0 Å². The van der Waals surface area contributed by atoms with E-state index in [1.54, 1.807) is 42.2 Å². The van der Waals surface area contributed by atoms with E-state index in [0.717, 1.165) is 5.56 Å². The first-order valence-corrected chi connectivity index (χ1v) is 10.5. The summed E-state index contributed by atoms with van der Waals surface area (Å²) in [5.41, 5.74) is 1.21. The fourth-order valence-corrected chi connectivity index (χ4v) is 4.77. The van der Waals surface area contributed by atoms with E-state index in [9.17, 15) is 9.59 Å². The van der Waals surface area contributed by atoms with Gasteiger partial charge in [0.15, 0.2) is 0 Å². The van der Waals surface area contributed by atoms with E-state index in [-0.39, 0.29) is 17.9 Å². The number of carbonyl (C=O) groups is 2. The summed E-state index contributed by atoms with van der Waals surface area (Å²) in [6.45, 7) is 1.99. The van der Waals surface area contributed by atoms with Gasteiger partial charge in [0, 0.05) is 22.4 Å². The fourth-order valence-electron chi connectivity index (χ4n) is 3.17. The minimum atomic E-state index is -0.700. The number of rotatable bonds is 6. The lowest BCUT2D eigenvalue weighted by Crippen LogP contribution is -2.43. The SMILES string of the molecule is CCOC(=O)C1CSC(c2cccc(Cl)c2)N1C(=O)c1cc(OC)cc(OC)c1. The number of hydrogen-bond acceptors (Lipinski definition) is 6.